The summed E-state index contributed by atoms with van der Waals surface area (Å²) in [5.74, 6) is 0.489. The van der Waals surface area contributed by atoms with Gasteiger partial charge in [0.25, 0.3) is 11.8 Å². The quantitative estimate of drug-likeness (QED) is 0.739. The van der Waals surface area contributed by atoms with Crippen LogP contribution in [0.5, 0.6) is 5.75 Å². The Morgan fingerprint density at radius 1 is 1.00 bits per heavy atom. The van der Waals surface area contributed by atoms with Gasteiger partial charge in [0.05, 0.1) is 6.10 Å². The number of nitrogens with zero attached hydrogens (tertiary/aromatic N) is 1. The number of hydrogen-bond donors (Lipinski definition) is 1. The van der Waals surface area contributed by atoms with Gasteiger partial charge in [0.1, 0.15) is 5.75 Å². The van der Waals surface area contributed by atoms with Crippen LogP contribution in [0, 0.1) is 0 Å². The molecule has 3 rings (SSSR count). The molecule has 1 atom stereocenters. The maximum atomic E-state index is 12.8. The Balaban J connectivity index is 1.69. The number of amides is 2. The van der Waals surface area contributed by atoms with Crippen molar-refractivity contribution in [2.45, 2.75) is 52.1 Å². The van der Waals surface area contributed by atoms with Crippen LogP contribution >= 0.6 is 0 Å². The lowest BCUT2D eigenvalue weighted by atomic mass is 10.1. The minimum absolute atomic E-state index is 0.0342. The van der Waals surface area contributed by atoms with Crippen molar-refractivity contribution in [3.63, 3.8) is 0 Å². The van der Waals surface area contributed by atoms with Gasteiger partial charge >= 0.3 is 0 Å². The van der Waals surface area contributed by atoms with Gasteiger partial charge < -0.3 is 15.0 Å². The molecule has 0 aromatic heterocycles. The van der Waals surface area contributed by atoms with Gasteiger partial charge in [-0.2, -0.15) is 0 Å². The second kappa shape index (κ2) is 10.1. The van der Waals surface area contributed by atoms with Gasteiger partial charge in [0.15, 0.2) is 0 Å². The minimum atomic E-state index is -0.223. The van der Waals surface area contributed by atoms with Crippen molar-refractivity contribution in [1.82, 2.24) is 4.90 Å². The SMILES string of the molecule is CCC(C)Oc1cccc(C(=O)Nc2cccc(C(=O)N3CCCCCC3)c2)c1. The molecule has 154 valence electrons. The van der Waals surface area contributed by atoms with Gasteiger partial charge in [-0.15, -0.1) is 0 Å². The highest BCUT2D eigenvalue weighted by atomic mass is 16.5. The monoisotopic (exact) mass is 394 g/mol. The maximum Gasteiger partial charge on any atom is 0.255 e. The van der Waals surface area contributed by atoms with Crippen molar-refractivity contribution >= 4 is 17.5 Å². The summed E-state index contributed by atoms with van der Waals surface area (Å²) in [5, 5.41) is 2.90. The van der Waals surface area contributed by atoms with E-state index in [0.29, 0.717) is 22.6 Å². The fourth-order valence-electron chi connectivity index (χ4n) is 3.42. The van der Waals surface area contributed by atoms with E-state index in [1.165, 1.54) is 12.8 Å². The molecule has 5 nitrogen and oxygen atoms in total. The second-order valence-corrected chi connectivity index (χ2v) is 7.61. The van der Waals surface area contributed by atoms with Crippen LogP contribution in [0.3, 0.4) is 0 Å². The first-order valence-electron chi connectivity index (χ1n) is 10.5. The normalized spacial score (nSPS) is 15.3. The molecule has 0 radical (unpaired) electrons. The lowest BCUT2D eigenvalue weighted by Gasteiger charge is -2.20. The van der Waals surface area contributed by atoms with Crippen LogP contribution in [-0.4, -0.2) is 35.9 Å². The molecule has 1 fully saturated rings. The number of benzene rings is 2. The van der Waals surface area contributed by atoms with E-state index in [2.05, 4.69) is 12.2 Å². The molecule has 1 unspecified atom stereocenters. The van der Waals surface area contributed by atoms with Crippen LogP contribution in [0.2, 0.25) is 0 Å². The van der Waals surface area contributed by atoms with Crippen LogP contribution in [0.1, 0.15) is 66.7 Å². The molecule has 2 amide bonds. The Kier molecular flexibility index (Phi) is 7.28. The molecule has 29 heavy (non-hydrogen) atoms. The Morgan fingerprint density at radius 2 is 1.69 bits per heavy atom. The summed E-state index contributed by atoms with van der Waals surface area (Å²) >= 11 is 0. The Hall–Kier alpha value is -2.82. The number of likely N-dealkylation sites (tertiary alicyclic amines) is 1. The van der Waals surface area contributed by atoms with E-state index in [9.17, 15) is 9.59 Å². The van der Waals surface area contributed by atoms with E-state index >= 15 is 0 Å². The molecule has 2 aromatic rings. The Bertz CT molecular complexity index is 842. The van der Waals surface area contributed by atoms with Crippen molar-refractivity contribution < 1.29 is 14.3 Å². The van der Waals surface area contributed by atoms with Gasteiger partial charge in [-0.05, 0) is 62.6 Å². The fourth-order valence-corrected chi connectivity index (χ4v) is 3.42. The van der Waals surface area contributed by atoms with Gasteiger partial charge in [-0.1, -0.05) is 31.9 Å². The average Bonchev–Trinajstić information content (AvgIpc) is 3.03. The molecule has 0 aliphatic carbocycles. The van der Waals surface area contributed by atoms with Gasteiger partial charge in [-0.25, -0.2) is 0 Å². The molecule has 2 aromatic carbocycles. The molecular formula is C24H30N2O3. The molecule has 1 saturated heterocycles. The zero-order chi connectivity index (χ0) is 20.6. The maximum absolute atomic E-state index is 12.8. The zero-order valence-corrected chi connectivity index (χ0v) is 17.3. The molecule has 0 saturated carbocycles. The Labute approximate surface area is 173 Å². The summed E-state index contributed by atoms with van der Waals surface area (Å²) in [6, 6.07) is 14.3. The molecule has 0 spiro atoms. The van der Waals surface area contributed by atoms with E-state index in [-0.39, 0.29) is 17.9 Å². The molecule has 5 heteroatoms. The fraction of sp³-hybridized carbons (Fsp3) is 0.417. The van der Waals surface area contributed by atoms with Crippen molar-refractivity contribution in [3.05, 3.63) is 59.7 Å². The summed E-state index contributed by atoms with van der Waals surface area (Å²) < 4.78 is 5.80. The third kappa shape index (κ3) is 5.83. The first-order valence-corrected chi connectivity index (χ1v) is 10.5. The molecule has 0 bridgehead atoms. The van der Waals surface area contributed by atoms with Crippen molar-refractivity contribution in [3.8, 4) is 5.75 Å². The first-order chi connectivity index (χ1) is 14.1. The molecule has 1 aliphatic rings. The predicted octanol–water partition coefficient (Wildman–Crippen LogP) is 5.13. The lowest BCUT2D eigenvalue weighted by molar-refractivity contribution is 0.0761. The number of carbonyl (C=O) groups is 2. The predicted molar refractivity (Wildman–Crippen MR) is 116 cm³/mol. The number of hydrogen-bond acceptors (Lipinski definition) is 3. The van der Waals surface area contributed by atoms with E-state index in [1.54, 1.807) is 24.3 Å². The van der Waals surface area contributed by atoms with E-state index in [4.69, 9.17) is 4.74 Å². The lowest BCUT2D eigenvalue weighted by Crippen LogP contribution is -2.31. The number of anilines is 1. The summed E-state index contributed by atoms with van der Waals surface area (Å²) in [4.78, 5) is 27.4. The van der Waals surface area contributed by atoms with Crippen molar-refractivity contribution in [1.29, 1.82) is 0 Å². The smallest absolute Gasteiger partial charge is 0.255 e. The van der Waals surface area contributed by atoms with Crippen LogP contribution in [0.15, 0.2) is 48.5 Å². The van der Waals surface area contributed by atoms with Crippen molar-refractivity contribution in [2.75, 3.05) is 18.4 Å². The van der Waals surface area contributed by atoms with Gasteiger partial charge in [0.2, 0.25) is 0 Å². The number of carbonyl (C=O) groups excluding carboxylic acids is 2. The Morgan fingerprint density at radius 3 is 2.41 bits per heavy atom. The van der Waals surface area contributed by atoms with Crippen LogP contribution in [0.25, 0.3) is 0 Å². The average molecular weight is 395 g/mol. The van der Waals surface area contributed by atoms with Gasteiger partial charge in [-0.3, -0.25) is 9.59 Å². The van der Waals surface area contributed by atoms with Crippen molar-refractivity contribution in [2.24, 2.45) is 0 Å². The number of ether oxygens (including phenoxy) is 1. The highest BCUT2D eigenvalue weighted by Crippen LogP contribution is 2.19. The van der Waals surface area contributed by atoms with Crippen LogP contribution in [0.4, 0.5) is 5.69 Å². The van der Waals surface area contributed by atoms with E-state index in [1.807, 2.05) is 36.1 Å². The summed E-state index contributed by atoms with van der Waals surface area (Å²) in [5.41, 5.74) is 1.75. The first kappa shape index (κ1) is 20.9. The zero-order valence-electron chi connectivity index (χ0n) is 17.3. The van der Waals surface area contributed by atoms with Gasteiger partial charge in [0, 0.05) is 29.9 Å². The molecular weight excluding hydrogens is 364 g/mol. The largest absolute Gasteiger partial charge is 0.491 e. The van der Waals surface area contributed by atoms with Crippen LogP contribution in [-0.2, 0) is 0 Å². The van der Waals surface area contributed by atoms with Crippen LogP contribution < -0.4 is 10.1 Å². The standard InChI is InChI=1S/C24H30N2O3/c1-3-18(2)29-22-13-9-10-19(17-22)23(27)25-21-12-8-11-20(16-21)24(28)26-14-6-4-5-7-15-26/h8-13,16-18H,3-7,14-15H2,1-2H3,(H,25,27). The van der Waals surface area contributed by atoms with E-state index < -0.39 is 0 Å². The third-order valence-corrected chi connectivity index (χ3v) is 5.27. The minimum Gasteiger partial charge on any atom is -0.491 e. The topological polar surface area (TPSA) is 58.6 Å². The highest BCUT2D eigenvalue weighted by Gasteiger charge is 2.18. The molecule has 1 aliphatic heterocycles. The number of nitrogens with one attached hydrogen (secondary N) is 1. The summed E-state index contributed by atoms with van der Waals surface area (Å²) in [6.07, 6.45) is 5.46. The number of rotatable bonds is 6. The third-order valence-electron chi connectivity index (χ3n) is 5.27. The molecule has 1 N–H and O–H groups in total. The summed E-state index contributed by atoms with van der Waals surface area (Å²) in [7, 11) is 0. The van der Waals surface area contributed by atoms with E-state index in [0.717, 1.165) is 32.4 Å². The highest BCUT2D eigenvalue weighted by molar-refractivity contribution is 6.05. The summed E-state index contributed by atoms with van der Waals surface area (Å²) in [6.45, 7) is 5.66. The molecule has 1 heterocycles. The second-order valence-electron chi connectivity index (χ2n) is 7.61.